The van der Waals surface area contributed by atoms with Gasteiger partial charge in [-0.25, -0.2) is 22.0 Å². The van der Waals surface area contributed by atoms with Crippen LogP contribution >= 0.6 is 0 Å². The Labute approximate surface area is 205 Å². The third kappa shape index (κ3) is 6.13. The number of rotatable bonds is 9. The molecule has 0 aliphatic carbocycles. The largest absolute Gasteiger partial charge is 0.494 e. The lowest BCUT2D eigenvalue weighted by Crippen LogP contribution is -2.38. The summed E-state index contributed by atoms with van der Waals surface area (Å²) in [4.78, 5) is 6.91. The van der Waals surface area contributed by atoms with Crippen molar-refractivity contribution in [3.8, 4) is 5.75 Å². The molecule has 12 heteroatoms. The van der Waals surface area contributed by atoms with E-state index in [4.69, 9.17) is 14.3 Å². The fraction of sp³-hybridized carbons (Fsp3) is 0.435. The van der Waals surface area contributed by atoms with Crippen molar-refractivity contribution >= 4 is 37.0 Å². The number of aromatic nitrogens is 1. The van der Waals surface area contributed by atoms with Gasteiger partial charge >= 0.3 is 0 Å². The summed E-state index contributed by atoms with van der Waals surface area (Å²) in [5, 5.41) is 8.48. The van der Waals surface area contributed by atoms with Gasteiger partial charge in [0.25, 0.3) is 6.01 Å². The maximum absolute atomic E-state index is 12.4. The van der Waals surface area contributed by atoms with Gasteiger partial charge in [0.05, 0.1) is 22.2 Å². The Morgan fingerprint density at radius 3 is 2.49 bits per heavy atom. The van der Waals surface area contributed by atoms with Crippen LogP contribution in [0.25, 0.3) is 11.1 Å². The van der Waals surface area contributed by atoms with Crippen molar-refractivity contribution in [2.24, 2.45) is 5.14 Å². The van der Waals surface area contributed by atoms with Crippen molar-refractivity contribution in [2.75, 3.05) is 30.8 Å². The monoisotopic (exact) mass is 522 g/mol. The number of primary sulfonamides is 1. The lowest BCUT2D eigenvalue weighted by molar-refractivity contribution is 0.210. The van der Waals surface area contributed by atoms with Gasteiger partial charge in [0.15, 0.2) is 15.4 Å². The van der Waals surface area contributed by atoms with Crippen LogP contribution in [-0.4, -0.2) is 58.2 Å². The molecule has 3 N–H and O–H groups in total. The number of hydrogen-bond acceptors (Lipinski definition) is 9. The van der Waals surface area contributed by atoms with E-state index in [1.165, 1.54) is 12.1 Å². The Hall–Kier alpha value is -2.67. The number of hydrogen-bond donors (Lipinski definition) is 2. The molecule has 1 saturated heterocycles. The Morgan fingerprint density at radius 2 is 1.83 bits per heavy atom. The van der Waals surface area contributed by atoms with E-state index >= 15 is 0 Å². The number of ether oxygens (including phenoxy) is 1. The molecule has 0 spiro atoms. The van der Waals surface area contributed by atoms with Gasteiger partial charge < -0.3 is 14.5 Å². The summed E-state index contributed by atoms with van der Waals surface area (Å²) in [6, 6.07) is 10.0. The zero-order chi connectivity index (χ0) is 25.2. The average Bonchev–Trinajstić information content (AvgIpc) is 3.21. The van der Waals surface area contributed by atoms with E-state index in [0.29, 0.717) is 40.9 Å². The van der Waals surface area contributed by atoms with Gasteiger partial charge in [-0.2, -0.15) is 4.98 Å². The number of oxazole rings is 1. The summed E-state index contributed by atoms with van der Waals surface area (Å²) in [5.41, 5.74) is 1.80. The molecular weight excluding hydrogens is 492 g/mol. The zero-order valence-corrected chi connectivity index (χ0v) is 21.4. The molecule has 35 heavy (non-hydrogen) atoms. The third-order valence-corrected chi connectivity index (χ3v) is 8.62. The lowest BCUT2D eigenvalue weighted by atomic mass is 10.0. The number of nitrogens with one attached hydrogen (secondary N) is 1. The number of anilines is 1. The first-order valence-electron chi connectivity index (χ1n) is 11.5. The highest BCUT2D eigenvalue weighted by molar-refractivity contribution is 7.91. The second kappa shape index (κ2) is 10.1. The van der Waals surface area contributed by atoms with Crippen LogP contribution in [0.2, 0.25) is 0 Å². The maximum atomic E-state index is 12.4. The molecule has 1 aromatic heterocycles. The quantitative estimate of drug-likeness (QED) is 0.433. The van der Waals surface area contributed by atoms with E-state index in [-0.39, 0.29) is 16.7 Å². The van der Waals surface area contributed by atoms with Crippen LogP contribution in [0, 0.1) is 0 Å². The van der Waals surface area contributed by atoms with Crippen molar-refractivity contribution in [1.82, 2.24) is 9.88 Å². The number of likely N-dealkylation sites (tertiary alicyclic amines) is 1. The molecule has 2 aromatic carbocycles. The molecule has 0 amide bonds. The van der Waals surface area contributed by atoms with Gasteiger partial charge in [0, 0.05) is 25.7 Å². The van der Waals surface area contributed by atoms with Gasteiger partial charge in [0.1, 0.15) is 11.3 Å². The SMILES string of the molecule is CCOc1cc(CN2CCC(Nc3nc4cc(S(N)(=O)=O)ccc4o3)CC2)cc(S(=O)(=O)CC)c1. The number of nitrogens with zero attached hydrogens (tertiary/aromatic N) is 2. The summed E-state index contributed by atoms with van der Waals surface area (Å²) in [6.45, 7) is 6.21. The molecule has 1 aliphatic rings. The molecule has 190 valence electrons. The van der Waals surface area contributed by atoms with Crippen molar-refractivity contribution < 1.29 is 26.0 Å². The molecular formula is C23H30N4O6S2. The summed E-state index contributed by atoms with van der Waals surface area (Å²) in [5.74, 6) is 0.605. The van der Waals surface area contributed by atoms with Crippen LogP contribution in [0.1, 0.15) is 32.3 Å². The topological polar surface area (TPSA) is 145 Å². The molecule has 4 rings (SSSR count). The minimum Gasteiger partial charge on any atom is -0.494 e. The molecule has 10 nitrogen and oxygen atoms in total. The summed E-state index contributed by atoms with van der Waals surface area (Å²) in [6.07, 6.45) is 1.68. The van der Waals surface area contributed by atoms with E-state index in [0.717, 1.165) is 31.5 Å². The molecule has 0 radical (unpaired) electrons. The smallest absolute Gasteiger partial charge is 0.295 e. The molecule has 1 fully saturated rings. The van der Waals surface area contributed by atoms with Crippen LogP contribution in [0.4, 0.5) is 6.01 Å². The highest BCUT2D eigenvalue weighted by Gasteiger charge is 2.22. The first-order chi connectivity index (χ1) is 16.6. The second-order valence-corrected chi connectivity index (χ2v) is 12.4. The second-order valence-electron chi connectivity index (χ2n) is 8.54. The normalized spacial score (nSPS) is 16.0. The van der Waals surface area contributed by atoms with Gasteiger partial charge in [-0.1, -0.05) is 6.92 Å². The van der Waals surface area contributed by atoms with Gasteiger partial charge in [-0.3, -0.25) is 4.90 Å². The van der Waals surface area contributed by atoms with Crippen LogP contribution in [0.5, 0.6) is 5.75 Å². The van der Waals surface area contributed by atoms with Crippen LogP contribution in [0.3, 0.4) is 0 Å². The van der Waals surface area contributed by atoms with Crippen molar-refractivity contribution in [2.45, 2.75) is 49.1 Å². The highest BCUT2D eigenvalue weighted by atomic mass is 32.2. The van der Waals surface area contributed by atoms with E-state index in [1.54, 1.807) is 25.1 Å². The maximum Gasteiger partial charge on any atom is 0.295 e. The molecule has 0 saturated carbocycles. The minimum atomic E-state index is -3.81. The lowest BCUT2D eigenvalue weighted by Gasteiger charge is -2.32. The van der Waals surface area contributed by atoms with Crippen molar-refractivity contribution in [1.29, 1.82) is 0 Å². The first-order valence-corrected chi connectivity index (χ1v) is 14.7. The third-order valence-electron chi connectivity index (χ3n) is 6.00. The predicted molar refractivity (Wildman–Crippen MR) is 133 cm³/mol. The Bertz CT molecular complexity index is 1410. The Kier molecular flexibility index (Phi) is 7.36. The minimum absolute atomic E-state index is 0.0125. The number of sulfonamides is 1. The Balaban J connectivity index is 1.39. The van der Waals surface area contributed by atoms with Gasteiger partial charge in [-0.05, 0) is 61.7 Å². The molecule has 0 unspecified atom stereocenters. The van der Waals surface area contributed by atoms with E-state index in [1.807, 2.05) is 13.0 Å². The first kappa shape index (κ1) is 25.4. The fourth-order valence-corrected chi connectivity index (χ4v) is 5.63. The highest BCUT2D eigenvalue weighted by Crippen LogP contribution is 2.26. The van der Waals surface area contributed by atoms with Crippen LogP contribution in [-0.2, 0) is 26.4 Å². The zero-order valence-electron chi connectivity index (χ0n) is 19.7. The number of fused-ring (bicyclic) bond motifs is 1. The summed E-state index contributed by atoms with van der Waals surface area (Å²) < 4.78 is 59.3. The predicted octanol–water partition coefficient (Wildman–Crippen LogP) is 2.74. The van der Waals surface area contributed by atoms with E-state index in [2.05, 4.69) is 15.2 Å². The van der Waals surface area contributed by atoms with E-state index < -0.39 is 19.9 Å². The van der Waals surface area contributed by atoms with Crippen molar-refractivity contribution in [3.63, 3.8) is 0 Å². The molecule has 2 heterocycles. The number of nitrogens with two attached hydrogens (primary N) is 1. The van der Waals surface area contributed by atoms with Crippen LogP contribution in [0.15, 0.2) is 50.6 Å². The van der Waals surface area contributed by atoms with Gasteiger partial charge in [-0.15, -0.1) is 0 Å². The molecule has 3 aromatic rings. The number of benzene rings is 2. The molecule has 0 atom stereocenters. The molecule has 0 bridgehead atoms. The van der Waals surface area contributed by atoms with Crippen LogP contribution < -0.4 is 15.2 Å². The fourth-order valence-electron chi connectivity index (χ4n) is 4.13. The number of sulfone groups is 1. The van der Waals surface area contributed by atoms with Crippen molar-refractivity contribution in [3.05, 3.63) is 42.0 Å². The average molecular weight is 523 g/mol. The summed E-state index contributed by atoms with van der Waals surface area (Å²) in [7, 11) is -7.15. The summed E-state index contributed by atoms with van der Waals surface area (Å²) >= 11 is 0. The Morgan fingerprint density at radius 1 is 1.09 bits per heavy atom. The number of piperidine rings is 1. The van der Waals surface area contributed by atoms with E-state index in [9.17, 15) is 16.8 Å². The van der Waals surface area contributed by atoms with Gasteiger partial charge in [0.2, 0.25) is 10.0 Å². The standard InChI is InChI=1S/C23H30N4O6S2/c1-3-32-18-11-16(12-20(13-18)34(28,29)4-2)15-27-9-7-17(8-10-27)25-23-26-21-14-19(35(24,30)31)5-6-22(21)33-23/h5-6,11-14,17H,3-4,7-10,15H2,1-2H3,(H,25,26)(H2,24,30,31). The molecule has 1 aliphatic heterocycles.